The number of allylic oxidation sites excluding steroid dienone is 1. The number of rotatable bonds is 1. The smallest absolute Gasteiger partial charge is 0.331 e. The number of carboxylic acids is 1. The third-order valence-corrected chi connectivity index (χ3v) is 3.55. The summed E-state index contributed by atoms with van der Waals surface area (Å²) in [6.45, 7) is 2.01. The van der Waals surface area contributed by atoms with Crippen LogP contribution in [0.15, 0.2) is 11.6 Å². The van der Waals surface area contributed by atoms with Crippen LogP contribution in [0.1, 0.15) is 19.8 Å². The zero-order valence-corrected chi connectivity index (χ0v) is 7.60. The molecular weight excluding hydrogens is 168 g/mol. The molecule has 0 bridgehead atoms. The summed E-state index contributed by atoms with van der Waals surface area (Å²) in [6, 6.07) is 0. The Labute approximate surface area is 77.1 Å². The first-order valence-electron chi connectivity index (χ1n) is 4.72. The number of fused-ring (bicyclic) bond motifs is 1. The molecule has 0 aliphatic heterocycles. The van der Waals surface area contributed by atoms with Crippen molar-refractivity contribution in [1.82, 2.24) is 0 Å². The van der Waals surface area contributed by atoms with E-state index in [0.29, 0.717) is 17.9 Å². The number of hydrogen-bond donors (Lipinski definition) is 2. The van der Waals surface area contributed by atoms with Crippen molar-refractivity contribution in [3.63, 3.8) is 0 Å². The van der Waals surface area contributed by atoms with Crippen molar-refractivity contribution in [3.8, 4) is 0 Å². The van der Waals surface area contributed by atoms with Gasteiger partial charge in [0, 0.05) is 5.57 Å². The van der Waals surface area contributed by atoms with E-state index in [-0.39, 0.29) is 17.9 Å². The van der Waals surface area contributed by atoms with Gasteiger partial charge in [-0.25, -0.2) is 4.79 Å². The quantitative estimate of drug-likeness (QED) is 0.637. The van der Waals surface area contributed by atoms with Gasteiger partial charge < -0.3 is 10.2 Å². The summed E-state index contributed by atoms with van der Waals surface area (Å²) < 4.78 is 0. The molecule has 2 rings (SSSR count). The lowest BCUT2D eigenvalue weighted by Gasteiger charge is -2.15. The molecule has 0 saturated heterocycles. The van der Waals surface area contributed by atoms with Gasteiger partial charge >= 0.3 is 5.97 Å². The van der Waals surface area contributed by atoms with Crippen molar-refractivity contribution in [2.75, 3.05) is 0 Å². The largest absolute Gasteiger partial charge is 0.478 e. The van der Waals surface area contributed by atoms with Gasteiger partial charge in [0.05, 0.1) is 6.10 Å². The molecule has 0 amide bonds. The second kappa shape index (κ2) is 2.84. The van der Waals surface area contributed by atoms with Crippen LogP contribution in [0.25, 0.3) is 0 Å². The molecule has 4 atom stereocenters. The van der Waals surface area contributed by atoms with Crippen molar-refractivity contribution in [2.45, 2.75) is 25.9 Å². The van der Waals surface area contributed by atoms with E-state index in [1.807, 2.05) is 13.0 Å². The van der Waals surface area contributed by atoms with Gasteiger partial charge in [-0.3, -0.25) is 0 Å². The minimum atomic E-state index is -0.811. The second-order valence-electron chi connectivity index (χ2n) is 4.13. The molecule has 3 nitrogen and oxygen atoms in total. The zero-order chi connectivity index (χ0) is 9.59. The van der Waals surface area contributed by atoms with Crippen LogP contribution in [0, 0.1) is 17.8 Å². The molecule has 2 aliphatic carbocycles. The van der Waals surface area contributed by atoms with E-state index in [0.717, 1.165) is 6.42 Å². The normalized spacial score (nSPS) is 43.1. The summed E-state index contributed by atoms with van der Waals surface area (Å²) in [6.07, 6.45) is 2.96. The van der Waals surface area contributed by atoms with E-state index >= 15 is 0 Å². The van der Waals surface area contributed by atoms with Gasteiger partial charge in [-0.15, -0.1) is 0 Å². The fourth-order valence-electron chi connectivity index (χ4n) is 2.70. The van der Waals surface area contributed by atoms with Crippen LogP contribution in [0.5, 0.6) is 0 Å². The molecule has 13 heavy (non-hydrogen) atoms. The highest BCUT2D eigenvalue weighted by atomic mass is 16.4. The van der Waals surface area contributed by atoms with Crippen molar-refractivity contribution >= 4 is 5.97 Å². The maximum absolute atomic E-state index is 10.8. The summed E-state index contributed by atoms with van der Waals surface area (Å²) in [7, 11) is 0. The van der Waals surface area contributed by atoms with Gasteiger partial charge in [-0.1, -0.05) is 13.0 Å². The van der Waals surface area contributed by atoms with Gasteiger partial charge in [0.25, 0.3) is 0 Å². The topological polar surface area (TPSA) is 57.5 Å². The first-order valence-corrected chi connectivity index (χ1v) is 4.72. The van der Waals surface area contributed by atoms with Gasteiger partial charge in [-0.2, -0.15) is 0 Å². The zero-order valence-electron chi connectivity index (χ0n) is 7.60. The Kier molecular flexibility index (Phi) is 1.91. The van der Waals surface area contributed by atoms with Gasteiger partial charge in [0.2, 0.25) is 0 Å². The maximum atomic E-state index is 10.8. The van der Waals surface area contributed by atoms with Crippen molar-refractivity contribution in [2.24, 2.45) is 17.8 Å². The van der Waals surface area contributed by atoms with Crippen molar-refractivity contribution in [1.29, 1.82) is 0 Å². The lowest BCUT2D eigenvalue weighted by Crippen LogP contribution is -2.15. The summed E-state index contributed by atoms with van der Waals surface area (Å²) >= 11 is 0. The predicted molar refractivity (Wildman–Crippen MR) is 47.1 cm³/mol. The van der Waals surface area contributed by atoms with Crippen LogP contribution in [0.2, 0.25) is 0 Å². The van der Waals surface area contributed by atoms with Crippen LogP contribution >= 0.6 is 0 Å². The Morgan fingerprint density at radius 3 is 2.92 bits per heavy atom. The predicted octanol–water partition coefficient (Wildman–Crippen LogP) is 1.03. The standard InChI is InChI=1S/C10H14O3/c1-5-6-2-3-7(10(12)13)8(6)4-9(5)11/h3,5-6,8-9,11H,2,4H2,1H3,(H,12,13). The van der Waals surface area contributed by atoms with Crippen LogP contribution in [0.3, 0.4) is 0 Å². The summed E-state index contributed by atoms with van der Waals surface area (Å²) in [5.74, 6) is -0.101. The highest BCUT2D eigenvalue weighted by molar-refractivity contribution is 5.88. The van der Waals surface area contributed by atoms with Gasteiger partial charge in [0.15, 0.2) is 0 Å². The van der Waals surface area contributed by atoms with Crippen LogP contribution in [0.4, 0.5) is 0 Å². The average Bonchev–Trinajstić information content (AvgIpc) is 2.55. The highest BCUT2D eigenvalue weighted by Gasteiger charge is 2.45. The van der Waals surface area contributed by atoms with E-state index < -0.39 is 5.97 Å². The molecule has 0 aromatic heterocycles. The number of aliphatic hydroxyl groups is 1. The van der Waals surface area contributed by atoms with Crippen molar-refractivity contribution < 1.29 is 15.0 Å². The molecule has 0 aromatic rings. The van der Waals surface area contributed by atoms with Crippen LogP contribution < -0.4 is 0 Å². The fourth-order valence-corrected chi connectivity index (χ4v) is 2.70. The molecule has 4 unspecified atom stereocenters. The molecular formula is C10H14O3. The van der Waals surface area contributed by atoms with Crippen molar-refractivity contribution in [3.05, 3.63) is 11.6 Å². The Morgan fingerprint density at radius 2 is 2.31 bits per heavy atom. The lowest BCUT2D eigenvalue weighted by molar-refractivity contribution is -0.133. The molecule has 72 valence electrons. The molecule has 2 aliphatic rings. The second-order valence-corrected chi connectivity index (χ2v) is 4.13. The minimum Gasteiger partial charge on any atom is -0.478 e. The van der Waals surface area contributed by atoms with Crippen LogP contribution in [-0.2, 0) is 4.79 Å². The SMILES string of the molecule is CC1C(O)CC2C(C(=O)O)=CCC21. The first-order chi connectivity index (χ1) is 6.11. The number of aliphatic hydroxyl groups excluding tert-OH is 1. The molecule has 2 N–H and O–H groups in total. The number of carbonyl (C=O) groups is 1. The van der Waals surface area contributed by atoms with E-state index in [4.69, 9.17) is 5.11 Å². The monoisotopic (exact) mass is 182 g/mol. The van der Waals surface area contributed by atoms with E-state index in [9.17, 15) is 9.90 Å². The summed E-state index contributed by atoms with van der Waals surface area (Å²) in [5, 5.41) is 18.5. The molecule has 1 fully saturated rings. The van der Waals surface area contributed by atoms with E-state index in [1.54, 1.807) is 0 Å². The Hall–Kier alpha value is -0.830. The summed E-state index contributed by atoms with van der Waals surface area (Å²) in [4.78, 5) is 10.8. The third-order valence-electron chi connectivity index (χ3n) is 3.55. The molecule has 0 heterocycles. The number of carboxylic acid groups (broad SMARTS) is 1. The molecule has 3 heteroatoms. The summed E-state index contributed by atoms with van der Waals surface area (Å²) in [5.41, 5.74) is 0.522. The third kappa shape index (κ3) is 1.18. The minimum absolute atomic E-state index is 0.0995. The van der Waals surface area contributed by atoms with Gasteiger partial charge in [-0.05, 0) is 30.6 Å². The number of aliphatic carboxylic acids is 1. The average molecular weight is 182 g/mol. The van der Waals surface area contributed by atoms with Crippen LogP contribution in [-0.4, -0.2) is 22.3 Å². The van der Waals surface area contributed by atoms with Gasteiger partial charge in [0.1, 0.15) is 0 Å². The Morgan fingerprint density at radius 1 is 1.62 bits per heavy atom. The number of hydrogen-bond acceptors (Lipinski definition) is 2. The Balaban J connectivity index is 2.19. The molecule has 0 radical (unpaired) electrons. The van der Waals surface area contributed by atoms with E-state index in [2.05, 4.69) is 0 Å². The molecule has 1 saturated carbocycles. The lowest BCUT2D eigenvalue weighted by atomic mass is 9.90. The first kappa shape index (κ1) is 8.75. The maximum Gasteiger partial charge on any atom is 0.331 e. The highest BCUT2D eigenvalue weighted by Crippen LogP contribution is 2.47. The molecule has 0 aromatic carbocycles. The fraction of sp³-hybridized carbons (Fsp3) is 0.700. The molecule has 0 spiro atoms. The Bertz CT molecular complexity index is 269. The van der Waals surface area contributed by atoms with E-state index in [1.165, 1.54) is 0 Å².